The average Bonchev–Trinajstić information content (AvgIpc) is 2.67. The van der Waals surface area contributed by atoms with Gasteiger partial charge in [-0.3, -0.25) is 4.79 Å². The van der Waals surface area contributed by atoms with Crippen LogP contribution in [0, 0.1) is 6.92 Å². The van der Waals surface area contributed by atoms with Crippen molar-refractivity contribution in [2.75, 3.05) is 31.2 Å². The van der Waals surface area contributed by atoms with Crippen LogP contribution in [-0.4, -0.2) is 38.3 Å². The second-order valence-corrected chi connectivity index (χ2v) is 6.56. The van der Waals surface area contributed by atoms with E-state index in [1.807, 2.05) is 31.2 Å². The number of benzene rings is 2. The second kappa shape index (κ2) is 8.72. The maximum Gasteiger partial charge on any atom is 0.261 e. The van der Waals surface area contributed by atoms with Gasteiger partial charge in [0.1, 0.15) is 5.75 Å². The molecule has 0 saturated carbocycles. The lowest BCUT2D eigenvalue weighted by atomic mass is 10.2. The van der Waals surface area contributed by atoms with Crippen molar-refractivity contribution in [3.8, 4) is 5.75 Å². The fourth-order valence-electron chi connectivity index (χ4n) is 2.93. The molecule has 1 aliphatic rings. The molecule has 138 valence electrons. The summed E-state index contributed by atoms with van der Waals surface area (Å²) in [4.78, 5) is 14.6. The van der Waals surface area contributed by atoms with Crippen LogP contribution in [0.3, 0.4) is 0 Å². The Morgan fingerprint density at radius 2 is 1.92 bits per heavy atom. The zero-order valence-electron chi connectivity index (χ0n) is 15.4. The largest absolute Gasteiger partial charge is 0.481 e. The van der Waals surface area contributed by atoms with E-state index in [-0.39, 0.29) is 5.91 Å². The maximum absolute atomic E-state index is 12.3. The summed E-state index contributed by atoms with van der Waals surface area (Å²) >= 11 is 0. The van der Waals surface area contributed by atoms with Crippen molar-refractivity contribution in [3.63, 3.8) is 0 Å². The number of carbonyl (C=O) groups excluding carboxylic acids is 1. The smallest absolute Gasteiger partial charge is 0.261 e. The predicted molar refractivity (Wildman–Crippen MR) is 103 cm³/mol. The molecule has 0 unspecified atom stereocenters. The molecule has 5 nitrogen and oxygen atoms in total. The minimum Gasteiger partial charge on any atom is -0.481 e. The standard InChI is InChI=1S/C21H26N2O3/c1-16-4-3-5-20(14-16)26-17(2)21(24)22-15-18-6-8-19(9-7-18)23-10-12-25-13-11-23/h3-9,14,17H,10-13,15H2,1-2H3,(H,22,24)/t17-/m0/s1. The van der Waals surface area contributed by atoms with Gasteiger partial charge < -0.3 is 19.7 Å². The lowest BCUT2D eigenvalue weighted by Crippen LogP contribution is -2.36. The van der Waals surface area contributed by atoms with Crippen LogP contribution in [0.2, 0.25) is 0 Å². The van der Waals surface area contributed by atoms with Crippen LogP contribution < -0.4 is 15.0 Å². The molecule has 5 heteroatoms. The molecule has 1 fully saturated rings. The predicted octanol–water partition coefficient (Wildman–Crippen LogP) is 2.92. The van der Waals surface area contributed by atoms with Crippen molar-refractivity contribution in [1.29, 1.82) is 0 Å². The number of aryl methyl sites for hydroxylation is 1. The Bertz CT molecular complexity index is 724. The monoisotopic (exact) mass is 354 g/mol. The summed E-state index contributed by atoms with van der Waals surface area (Å²) in [7, 11) is 0. The summed E-state index contributed by atoms with van der Waals surface area (Å²) in [5.41, 5.74) is 3.37. The first-order valence-corrected chi connectivity index (χ1v) is 9.04. The van der Waals surface area contributed by atoms with E-state index in [4.69, 9.17) is 9.47 Å². The van der Waals surface area contributed by atoms with E-state index in [1.165, 1.54) is 5.69 Å². The number of carbonyl (C=O) groups is 1. The normalized spacial score (nSPS) is 15.4. The van der Waals surface area contributed by atoms with Gasteiger partial charge in [-0.05, 0) is 49.2 Å². The summed E-state index contributed by atoms with van der Waals surface area (Å²) < 4.78 is 11.1. The van der Waals surface area contributed by atoms with Crippen LogP contribution in [0.25, 0.3) is 0 Å². The van der Waals surface area contributed by atoms with Crippen LogP contribution in [0.5, 0.6) is 5.75 Å². The van der Waals surface area contributed by atoms with Gasteiger partial charge in [0.05, 0.1) is 13.2 Å². The van der Waals surface area contributed by atoms with Crippen molar-refractivity contribution in [1.82, 2.24) is 5.32 Å². The van der Waals surface area contributed by atoms with Gasteiger partial charge in [-0.15, -0.1) is 0 Å². The zero-order valence-corrected chi connectivity index (χ0v) is 15.4. The quantitative estimate of drug-likeness (QED) is 0.867. The Morgan fingerprint density at radius 1 is 1.19 bits per heavy atom. The van der Waals surface area contributed by atoms with Crippen molar-refractivity contribution in [3.05, 3.63) is 59.7 Å². The van der Waals surface area contributed by atoms with Crippen molar-refractivity contribution < 1.29 is 14.3 Å². The number of anilines is 1. The number of hydrogen-bond acceptors (Lipinski definition) is 4. The molecule has 0 bridgehead atoms. The van der Waals surface area contributed by atoms with Crippen LogP contribution >= 0.6 is 0 Å². The van der Waals surface area contributed by atoms with E-state index in [0.29, 0.717) is 12.3 Å². The number of rotatable bonds is 6. The fraction of sp³-hybridized carbons (Fsp3) is 0.381. The molecule has 2 aromatic carbocycles. The van der Waals surface area contributed by atoms with Gasteiger partial charge in [-0.25, -0.2) is 0 Å². The van der Waals surface area contributed by atoms with Gasteiger partial charge in [-0.2, -0.15) is 0 Å². The Labute approximate surface area is 154 Å². The molecule has 26 heavy (non-hydrogen) atoms. The Hall–Kier alpha value is -2.53. The van der Waals surface area contributed by atoms with E-state index < -0.39 is 6.10 Å². The molecule has 1 saturated heterocycles. The fourth-order valence-corrected chi connectivity index (χ4v) is 2.93. The highest BCUT2D eigenvalue weighted by Gasteiger charge is 2.15. The van der Waals surface area contributed by atoms with Crippen molar-refractivity contribution in [2.45, 2.75) is 26.5 Å². The first-order chi connectivity index (χ1) is 12.6. The Kier molecular flexibility index (Phi) is 6.12. The summed E-state index contributed by atoms with van der Waals surface area (Å²) in [6.45, 7) is 7.64. The van der Waals surface area contributed by atoms with E-state index in [0.717, 1.165) is 37.4 Å². The van der Waals surface area contributed by atoms with Crippen LogP contribution in [0.15, 0.2) is 48.5 Å². The number of nitrogens with zero attached hydrogens (tertiary/aromatic N) is 1. The summed E-state index contributed by atoms with van der Waals surface area (Å²) in [6, 6.07) is 16.0. The SMILES string of the molecule is Cc1cccc(O[C@@H](C)C(=O)NCc2ccc(N3CCOCC3)cc2)c1. The molecular weight excluding hydrogens is 328 g/mol. The number of amides is 1. The molecule has 0 radical (unpaired) electrons. The molecule has 0 spiro atoms. The number of nitrogens with one attached hydrogen (secondary N) is 1. The average molecular weight is 354 g/mol. The van der Waals surface area contributed by atoms with Gasteiger partial charge >= 0.3 is 0 Å². The van der Waals surface area contributed by atoms with Crippen LogP contribution in [-0.2, 0) is 16.1 Å². The second-order valence-electron chi connectivity index (χ2n) is 6.56. The first-order valence-electron chi connectivity index (χ1n) is 9.04. The Morgan fingerprint density at radius 3 is 2.62 bits per heavy atom. The topological polar surface area (TPSA) is 50.8 Å². The Balaban J connectivity index is 1.49. The molecule has 1 amide bonds. The van der Waals surface area contributed by atoms with Gasteiger partial charge in [-0.1, -0.05) is 24.3 Å². The molecule has 1 aliphatic heterocycles. The molecule has 1 atom stereocenters. The minimum atomic E-state index is -0.538. The molecule has 3 rings (SSSR count). The number of morpholine rings is 1. The highest BCUT2D eigenvalue weighted by Crippen LogP contribution is 2.17. The third-order valence-corrected chi connectivity index (χ3v) is 4.45. The van der Waals surface area contributed by atoms with E-state index in [9.17, 15) is 4.79 Å². The van der Waals surface area contributed by atoms with Gasteiger partial charge in [0.25, 0.3) is 5.91 Å². The van der Waals surface area contributed by atoms with Crippen molar-refractivity contribution >= 4 is 11.6 Å². The molecule has 0 aliphatic carbocycles. The zero-order chi connectivity index (χ0) is 18.4. The molecule has 2 aromatic rings. The molecule has 0 aromatic heterocycles. The van der Waals surface area contributed by atoms with E-state index in [1.54, 1.807) is 6.92 Å². The van der Waals surface area contributed by atoms with Crippen LogP contribution in [0.4, 0.5) is 5.69 Å². The highest BCUT2D eigenvalue weighted by molar-refractivity contribution is 5.80. The summed E-state index contributed by atoms with van der Waals surface area (Å²) in [5.74, 6) is 0.589. The highest BCUT2D eigenvalue weighted by atomic mass is 16.5. The molecule has 1 heterocycles. The lowest BCUT2D eigenvalue weighted by molar-refractivity contribution is -0.127. The molecule has 1 N–H and O–H groups in total. The number of ether oxygens (including phenoxy) is 2. The summed E-state index contributed by atoms with van der Waals surface area (Å²) in [6.07, 6.45) is -0.538. The third kappa shape index (κ3) is 4.99. The lowest BCUT2D eigenvalue weighted by Gasteiger charge is -2.28. The third-order valence-electron chi connectivity index (χ3n) is 4.45. The minimum absolute atomic E-state index is 0.122. The van der Waals surface area contributed by atoms with Crippen molar-refractivity contribution in [2.24, 2.45) is 0 Å². The van der Waals surface area contributed by atoms with Gasteiger partial charge in [0.15, 0.2) is 6.10 Å². The van der Waals surface area contributed by atoms with E-state index in [2.05, 4.69) is 34.5 Å². The molecular formula is C21H26N2O3. The van der Waals surface area contributed by atoms with Crippen LogP contribution in [0.1, 0.15) is 18.1 Å². The maximum atomic E-state index is 12.3. The number of hydrogen-bond donors (Lipinski definition) is 1. The first kappa shape index (κ1) is 18.3. The van der Waals surface area contributed by atoms with E-state index >= 15 is 0 Å². The van der Waals surface area contributed by atoms with Gasteiger partial charge in [0.2, 0.25) is 0 Å². The summed E-state index contributed by atoms with van der Waals surface area (Å²) in [5, 5.41) is 2.94. The van der Waals surface area contributed by atoms with Gasteiger partial charge in [0, 0.05) is 25.3 Å².